The van der Waals surface area contributed by atoms with Crippen molar-refractivity contribution >= 4 is 11.6 Å². The number of unbranched alkanes of at least 4 members (excludes halogenated alkanes) is 1. The average Bonchev–Trinajstić information content (AvgIpc) is 2.79. The number of hydrogen-bond donors (Lipinski definition) is 1. The summed E-state index contributed by atoms with van der Waals surface area (Å²) in [7, 11) is 2.14. The molecule has 2 aromatic heterocycles. The summed E-state index contributed by atoms with van der Waals surface area (Å²) in [5.74, 6) is 0.235. The smallest absolute Gasteiger partial charge is 0.243 e. The summed E-state index contributed by atoms with van der Waals surface area (Å²) in [5, 5.41) is 7.35. The normalized spacial score (nSPS) is 11.7. The number of aromatic nitrogens is 3. The van der Waals surface area contributed by atoms with E-state index in [2.05, 4.69) is 41.2 Å². The summed E-state index contributed by atoms with van der Waals surface area (Å²) in [6.45, 7) is 6.30. The Balaban J connectivity index is 1.76. The van der Waals surface area contributed by atoms with Crippen LogP contribution in [0.3, 0.4) is 0 Å². The van der Waals surface area contributed by atoms with Gasteiger partial charge in [-0.3, -0.25) is 0 Å². The first-order valence-electron chi connectivity index (χ1n) is 7.02. The van der Waals surface area contributed by atoms with E-state index in [9.17, 15) is 4.39 Å². The monoisotopic (exact) mass is 279 g/mol. The van der Waals surface area contributed by atoms with Gasteiger partial charge in [0.05, 0.1) is 6.20 Å². The predicted molar refractivity (Wildman–Crippen MR) is 78.4 cm³/mol. The van der Waals surface area contributed by atoms with E-state index in [0.717, 1.165) is 25.9 Å². The molecule has 0 saturated carbocycles. The van der Waals surface area contributed by atoms with E-state index >= 15 is 0 Å². The van der Waals surface area contributed by atoms with Crippen LogP contribution >= 0.6 is 0 Å². The number of nitrogens with zero attached hydrogens (tertiary/aromatic N) is 4. The lowest BCUT2D eigenvalue weighted by Gasteiger charge is -2.20. The molecular formula is C14H22FN5. The molecule has 2 rings (SSSR count). The van der Waals surface area contributed by atoms with Crippen LogP contribution in [0, 0.1) is 5.82 Å². The summed E-state index contributed by atoms with van der Waals surface area (Å²) in [6.07, 6.45) is 3.51. The van der Waals surface area contributed by atoms with Gasteiger partial charge in [0.15, 0.2) is 5.65 Å². The van der Waals surface area contributed by atoms with E-state index < -0.39 is 0 Å². The molecule has 0 spiro atoms. The van der Waals surface area contributed by atoms with E-state index in [1.807, 2.05) is 0 Å². The highest BCUT2D eigenvalue weighted by Gasteiger charge is 2.04. The molecule has 0 unspecified atom stereocenters. The highest BCUT2D eigenvalue weighted by Crippen LogP contribution is 2.07. The minimum atomic E-state index is -0.314. The highest BCUT2D eigenvalue weighted by molar-refractivity contribution is 5.42. The fourth-order valence-corrected chi connectivity index (χ4v) is 1.88. The molecule has 0 radical (unpaired) electrons. The zero-order chi connectivity index (χ0) is 14.5. The second-order valence-electron chi connectivity index (χ2n) is 5.29. The number of halogens is 1. The molecule has 0 aliphatic rings. The molecule has 0 aliphatic carbocycles. The third-order valence-electron chi connectivity index (χ3n) is 3.40. The second kappa shape index (κ2) is 6.65. The maximum atomic E-state index is 13.0. The summed E-state index contributed by atoms with van der Waals surface area (Å²) < 4.78 is 14.5. The van der Waals surface area contributed by atoms with Crippen molar-refractivity contribution in [2.45, 2.75) is 32.7 Å². The lowest BCUT2D eigenvalue weighted by Crippen LogP contribution is -2.27. The Hall–Kier alpha value is -1.69. The Morgan fingerprint density at radius 3 is 2.90 bits per heavy atom. The second-order valence-corrected chi connectivity index (χ2v) is 5.29. The molecule has 0 bridgehead atoms. The van der Waals surface area contributed by atoms with Crippen LogP contribution in [-0.2, 0) is 0 Å². The average molecular weight is 279 g/mol. The highest BCUT2D eigenvalue weighted by atomic mass is 19.1. The van der Waals surface area contributed by atoms with Crippen molar-refractivity contribution in [3.8, 4) is 0 Å². The van der Waals surface area contributed by atoms with E-state index in [-0.39, 0.29) is 5.82 Å². The van der Waals surface area contributed by atoms with Crippen LogP contribution in [-0.4, -0.2) is 45.7 Å². The van der Waals surface area contributed by atoms with Gasteiger partial charge in [-0.05, 0) is 52.4 Å². The van der Waals surface area contributed by atoms with Crippen molar-refractivity contribution in [3.63, 3.8) is 0 Å². The molecule has 110 valence electrons. The van der Waals surface area contributed by atoms with Crippen LogP contribution < -0.4 is 5.32 Å². The van der Waals surface area contributed by atoms with Gasteiger partial charge in [0.1, 0.15) is 5.82 Å². The van der Waals surface area contributed by atoms with Crippen molar-refractivity contribution in [3.05, 3.63) is 24.1 Å². The molecular weight excluding hydrogens is 257 g/mol. The van der Waals surface area contributed by atoms with Gasteiger partial charge in [-0.25, -0.2) is 8.91 Å². The molecule has 2 aromatic rings. The van der Waals surface area contributed by atoms with Crippen LogP contribution in [0.4, 0.5) is 10.3 Å². The van der Waals surface area contributed by atoms with Crippen molar-refractivity contribution in [1.29, 1.82) is 0 Å². The van der Waals surface area contributed by atoms with Gasteiger partial charge in [0.25, 0.3) is 0 Å². The molecule has 1 N–H and O–H groups in total. The first-order valence-corrected chi connectivity index (χ1v) is 7.02. The zero-order valence-electron chi connectivity index (χ0n) is 12.3. The number of rotatable bonds is 7. The van der Waals surface area contributed by atoms with Crippen LogP contribution in [0.2, 0.25) is 0 Å². The van der Waals surface area contributed by atoms with Gasteiger partial charge < -0.3 is 10.2 Å². The Kier molecular flexibility index (Phi) is 4.89. The van der Waals surface area contributed by atoms with Crippen molar-refractivity contribution in [2.24, 2.45) is 0 Å². The minimum absolute atomic E-state index is 0.314. The summed E-state index contributed by atoms with van der Waals surface area (Å²) in [4.78, 5) is 6.60. The van der Waals surface area contributed by atoms with E-state index in [1.165, 1.54) is 16.8 Å². The molecule has 0 saturated heterocycles. The summed E-state index contributed by atoms with van der Waals surface area (Å²) in [5.41, 5.74) is 0.647. The van der Waals surface area contributed by atoms with Crippen LogP contribution in [0.5, 0.6) is 0 Å². The Labute approximate surface area is 118 Å². The maximum Gasteiger partial charge on any atom is 0.243 e. The molecule has 6 heteroatoms. The molecule has 0 amide bonds. The zero-order valence-corrected chi connectivity index (χ0v) is 12.3. The van der Waals surface area contributed by atoms with Gasteiger partial charge in [0, 0.05) is 12.6 Å². The largest absolute Gasteiger partial charge is 0.353 e. The van der Waals surface area contributed by atoms with Gasteiger partial charge in [-0.15, -0.1) is 5.10 Å². The summed E-state index contributed by atoms with van der Waals surface area (Å²) >= 11 is 0. The first-order chi connectivity index (χ1) is 9.56. The third kappa shape index (κ3) is 3.90. The van der Waals surface area contributed by atoms with Gasteiger partial charge in [-0.2, -0.15) is 4.98 Å². The maximum absolute atomic E-state index is 13.0. The van der Waals surface area contributed by atoms with E-state index in [1.54, 1.807) is 6.07 Å². The number of hydrogen-bond acceptors (Lipinski definition) is 4. The van der Waals surface area contributed by atoms with Gasteiger partial charge in [0.2, 0.25) is 5.95 Å². The van der Waals surface area contributed by atoms with E-state index in [4.69, 9.17) is 0 Å². The van der Waals surface area contributed by atoms with Crippen molar-refractivity contribution in [1.82, 2.24) is 19.5 Å². The third-order valence-corrected chi connectivity index (χ3v) is 3.40. The lowest BCUT2D eigenvalue weighted by molar-refractivity contribution is 0.269. The number of fused-ring (bicyclic) bond motifs is 1. The van der Waals surface area contributed by atoms with Crippen LogP contribution in [0.1, 0.15) is 26.7 Å². The standard InChI is InChI=1S/C14H22FN5/c1-11(2)19(3)9-5-4-8-16-14-17-13-7-6-12(15)10-20(13)18-14/h6-7,10-11H,4-5,8-9H2,1-3H3,(H,16,18). The van der Waals surface area contributed by atoms with Crippen molar-refractivity contribution in [2.75, 3.05) is 25.5 Å². The molecule has 20 heavy (non-hydrogen) atoms. The van der Waals surface area contributed by atoms with Crippen LogP contribution in [0.25, 0.3) is 5.65 Å². The predicted octanol–water partition coefficient (Wildman–Crippen LogP) is 2.40. The Morgan fingerprint density at radius 2 is 2.15 bits per heavy atom. The summed E-state index contributed by atoms with van der Waals surface area (Å²) in [6, 6.07) is 3.58. The Morgan fingerprint density at radius 1 is 1.35 bits per heavy atom. The molecule has 0 atom stereocenters. The van der Waals surface area contributed by atoms with Crippen LogP contribution in [0.15, 0.2) is 18.3 Å². The topological polar surface area (TPSA) is 45.5 Å². The number of anilines is 1. The molecule has 0 aromatic carbocycles. The fourth-order valence-electron chi connectivity index (χ4n) is 1.88. The van der Waals surface area contributed by atoms with E-state index in [0.29, 0.717) is 17.6 Å². The molecule has 0 aliphatic heterocycles. The fraction of sp³-hybridized carbons (Fsp3) is 0.571. The quantitative estimate of drug-likeness (QED) is 0.791. The molecule has 2 heterocycles. The lowest BCUT2D eigenvalue weighted by atomic mass is 10.2. The van der Waals surface area contributed by atoms with Crippen molar-refractivity contribution < 1.29 is 4.39 Å². The number of nitrogens with one attached hydrogen (secondary N) is 1. The van der Waals surface area contributed by atoms with Gasteiger partial charge >= 0.3 is 0 Å². The van der Waals surface area contributed by atoms with Gasteiger partial charge in [-0.1, -0.05) is 0 Å². The SMILES string of the molecule is CC(C)N(C)CCCCNc1nc2ccc(F)cn2n1. The first kappa shape index (κ1) is 14.7. The molecule has 0 fully saturated rings. The number of pyridine rings is 1. The Bertz CT molecular complexity index is 551. The minimum Gasteiger partial charge on any atom is -0.353 e. The molecule has 5 nitrogen and oxygen atoms in total.